The van der Waals surface area contributed by atoms with E-state index in [1.807, 2.05) is 18.4 Å². The van der Waals surface area contributed by atoms with Gasteiger partial charge in [0.15, 0.2) is 0 Å². The minimum absolute atomic E-state index is 0.138. The van der Waals surface area contributed by atoms with Crippen molar-refractivity contribution in [3.8, 4) is 0 Å². The van der Waals surface area contributed by atoms with Crippen LogP contribution in [0, 0.1) is 12.8 Å². The number of hydrogen-bond donors (Lipinski definition) is 2. The fraction of sp³-hybridized carbons (Fsp3) is 0.538. The first-order valence-corrected chi connectivity index (χ1v) is 7.05. The highest BCUT2D eigenvalue weighted by Crippen LogP contribution is 2.25. The molecule has 1 heterocycles. The molecule has 0 aromatic carbocycles. The highest BCUT2D eigenvalue weighted by atomic mass is 32.1. The number of aryl methyl sites for hydroxylation is 1. The van der Waals surface area contributed by atoms with Gasteiger partial charge in [0, 0.05) is 6.04 Å². The lowest BCUT2D eigenvalue weighted by atomic mass is 9.84. The molecule has 1 aromatic rings. The molecule has 1 saturated carbocycles. The lowest BCUT2D eigenvalue weighted by molar-refractivity contribution is -0.143. The Morgan fingerprint density at radius 1 is 1.39 bits per heavy atom. The predicted octanol–water partition coefficient (Wildman–Crippen LogP) is 2.43. The first kappa shape index (κ1) is 13.1. The number of aliphatic carboxylic acids is 1. The van der Waals surface area contributed by atoms with Gasteiger partial charge in [0.25, 0.3) is 5.91 Å². The third kappa shape index (κ3) is 2.72. The number of carbonyl (C=O) groups excluding carboxylic acids is 1. The van der Waals surface area contributed by atoms with Crippen molar-refractivity contribution in [1.29, 1.82) is 0 Å². The molecule has 1 aromatic heterocycles. The van der Waals surface area contributed by atoms with Crippen LogP contribution in [0.3, 0.4) is 0 Å². The predicted molar refractivity (Wildman–Crippen MR) is 69.9 cm³/mol. The lowest BCUT2D eigenvalue weighted by Crippen LogP contribution is -2.45. The second-order valence-corrected chi connectivity index (χ2v) is 5.66. The number of thiophene rings is 1. The van der Waals surface area contributed by atoms with Crippen LogP contribution in [-0.4, -0.2) is 23.0 Å². The molecule has 1 aliphatic carbocycles. The molecule has 18 heavy (non-hydrogen) atoms. The molecule has 1 amide bonds. The molecule has 2 unspecified atom stereocenters. The number of amides is 1. The zero-order valence-corrected chi connectivity index (χ0v) is 11.1. The summed E-state index contributed by atoms with van der Waals surface area (Å²) in [6.45, 7) is 1.89. The van der Waals surface area contributed by atoms with Crippen LogP contribution in [0.25, 0.3) is 0 Å². The van der Waals surface area contributed by atoms with Crippen LogP contribution in [0.2, 0.25) is 0 Å². The van der Waals surface area contributed by atoms with E-state index in [1.54, 1.807) is 0 Å². The van der Waals surface area contributed by atoms with Gasteiger partial charge in [0.05, 0.1) is 10.8 Å². The average molecular weight is 267 g/mol. The fourth-order valence-corrected chi connectivity index (χ4v) is 3.27. The molecule has 1 aliphatic rings. The van der Waals surface area contributed by atoms with Gasteiger partial charge in [-0.15, -0.1) is 11.3 Å². The van der Waals surface area contributed by atoms with Crippen molar-refractivity contribution >= 4 is 23.2 Å². The second-order valence-electron chi connectivity index (χ2n) is 4.74. The maximum Gasteiger partial charge on any atom is 0.308 e. The summed E-state index contributed by atoms with van der Waals surface area (Å²) in [5.41, 5.74) is 0.945. The van der Waals surface area contributed by atoms with Crippen LogP contribution in [0.5, 0.6) is 0 Å². The number of nitrogens with one attached hydrogen (secondary N) is 1. The van der Waals surface area contributed by atoms with E-state index in [1.165, 1.54) is 11.3 Å². The van der Waals surface area contributed by atoms with Crippen molar-refractivity contribution in [2.75, 3.05) is 0 Å². The topological polar surface area (TPSA) is 66.4 Å². The SMILES string of the molecule is Cc1ccsc1C(=O)NC1CCCCC1C(=O)O. The van der Waals surface area contributed by atoms with E-state index < -0.39 is 11.9 Å². The first-order chi connectivity index (χ1) is 8.59. The van der Waals surface area contributed by atoms with Gasteiger partial charge in [-0.1, -0.05) is 12.8 Å². The van der Waals surface area contributed by atoms with E-state index in [9.17, 15) is 9.59 Å². The van der Waals surface area contributed by atoms with E-state index in [-0.39, 0.29) is 11.9 Å². The molecule has 0 spiro atoms. The molecular weight excluding hydrogens is 250 g/mol. The molecule has 1 fully saturated rings. The smallest absolute Gasteiger partial charge is 0.308 e. The van der Waals surface area contributed by atoms with Crippen LogP contribution in [0.15, 0.2) is 11.4 Å². The molecule has 4 nitrogen and oxygen atoms in total. The van der Waals surface area contributed by atoms with Gasteiger partial charge in [-0.05, 0) is 36.8 Å². The minimum atomic E-state index is -0.803. The third-order valence-electron chi connectivity index (χ3n) is 3.47. The Balaban J connectivity index is 2.05. The van der Waals surface area contributed by atoms with Crippen LogP contribution in [0.4, 0.5) is 0 Å². The standard InChI is InChI=1S/C13H17NO3S/c1-8-6-7-18-11(8)12(15)14-10-5-3-2-4-9(10)13(16)17/h6-7,9-10H,2-5H2,1H3,(H,14,15)(H,16,17). The van der Waals surface area contributed by atoms with Gasteiger partial charge in [0.2, 0.25) is 0 Å². The van der Waals surface area contributed by atoms with Crippen LogP contribution in [0.1, 0.15) is 40.9 Å². The molecule has 98 valence electrons. The second kappa shape index (κ2) is 5.52. The Morgan fingerprint density at radius 2 is 2.11 bits per heavy atom. The molecule has 5 heteroatoms. The van der Waals surface area contributed by atoms with Crippen molar-refractivity contribution in [3.05, 3.63) is 21.9 Å². The molecule has 0 aliphatic heterocycles. The summed E-state index contributed by atoms with van der Waals surface area (Å²) in [6, 6.07) is 1.67. The maximum absolute atomic E-state index is 12.1. The molecule has 0 radical (unpaired) electrons. The van der Waals surface area contributed by atoms with Crippen LogP contribution in [-0.2, 0) is 4.79 Å². The Morgan fingerprint density at radius 3 is 2.72 bits per heavy atom. The summed E-state index contributed by atoms with van der Waals surface area (Å²) in [5.74, 6) is -1.38. The van der Waals surface area contributed by atoms with E-state index in [4.69, 9.17) is 5.11 Å². The highest BCUT2D eigenvalue weighted by molar-refractivity contribution is 7.12. The number of carboxylic acid groups (broad SMARTS) is 1. The third-order valence-corrected chi connectivity index (χ3v) is 4.48. The summed E-state index contributed by atoms with van der Waals surface area (Å²) in [7, 11) is 0. The lowest BCUT2D eigenvalue weighted by Gasteiger charge is -2.29. The molecule has 2 N–H and O–H groups in total. The zero-order chi connectivity index (χ0) is 13.1. The van der Waals surface area contributed by atoms with Gasteiger partial charge in [0.1, 0.15) is 0 Å². The summed E-state index contributed by atoms with van der Waals surface area (Å²) < 4.78 is 0. The number of rotatable bonds is 3. The minimum Gasteiger partial charge on any atom is -0.481 e. The summed E-state index contributed by atoms with van der Waals surface area (Å²) in [6.07, 6.45) is 3.33. The number of hydrogen-bond acceptors (Lipinski definition) is 3. The Kier molecular flexibility index (Phi) is 4.01. The van der Waals surface area contributed by atoms with E-state index in [0.717, 1.165) is 24.8 Å². The summed E-state index contributed by atoms with van der Waals surface area (Å²) in [4.78, 5) is 23.9. The Hall–Kier alpha value is -1.36. The van der Waals surface area contributed by atoms with E-state index in [2.05, 4.69) is 5.32 Å². The Labute approximate surface area is 110 Å². The van der Waals surface area contributed by atoms with Gasteiger partial charge in [-0.25, -0.2) is 0 Å². The number of carboxylic acids is 1. The highest BCUT2D eigenvalue weighted by Gasteiger charge is 2.32. The van der Waals surface area contributed by atoms with Gasteiger partial charge >= 0.3 is 5.97 Å². The Bertz CT molecular complexity index is 455. The van der Waals surface area contributed by atoms with Crippen molar-refractivity contribution in [2.24, 2.45) is 5.92 Å². The molecule has 2 atom stereocenters. The summed E-state index contributed by atoms with van der Waals surface area (Å²) in [5, 5.41) is 13.9. The quantitative estimate of drug-likeness (QED) is 0.884. The summed E-state index contributed by atoms with van der Waals surface area (Å²) >= 11 is 1.40. The average Bonchev–Trinajstić information content (AvgIpc) is 2.76. The zero-order valence-electron chi connectivity index (χ0n) is 10.3. The molecule has 0 saturated heterocycles. The van der Waals surface area contributed by atoms with Crippen molar-refractivity contribution in [2.45, 2.75) is 38.6 Å². The van der Waals surface area contributed by atoms with E-state index >= 15 is 0 Å². The monoisotopic (exact) mass is 267 g/mol. The first-order valence-electron chi connectivity index (χ1n) is 6.17. The van der Waals surface area contributed by atoms with Crippen LogP contribution < -0.4 is 5.32 Å². The van der Waals surface area contributed by atoms with E-state index in [0.29, 0.717) is 11.3 Å². The van der Waals surface area contributed by atoms with Crippen LogP contribution >= 0.6 is 11.3 Å². The van der Waals surface area contributed by atoms with Crippen molar-refractivity contribution in [3.63, 3.8) is 0 Å². The maximum atomic E-state index is 12.1. The fourth-order valence-electron chi connectivity index (χ4n) is 2.44. The normalized spacial score (nSPS) is 23.6. The molecular formula is C13H17NO3S. The number of carbonyl (C=O) groups is 2. The van der Waals surface area contributed by atoms with Gasteiger partial charge in [-0.2, -0.15) is 0 Å². The molecule has 2 rings (SSSR count). The van der Waals surface area contributed by atoms with Crippen molar-refractivity contribution < 1.29 is 14.7 Å². The van der Waals surface area contributed by atoms with Crippen molar-refractivity contribution in [1.82, 2.24) is 5.32 Å². The van der Waals surface area contributed by atoms with Gasteiger partial charge < -0.3 is 10.4 Å². The van der Waals surface area contributed by atoms with Gasteiger partial charge in [-0.3, -0.25) is 9.59 Å². The molecule has 0 bridgehead atoms. The largest absolute Gasteiger partial charge is 0.481 e.